The lowest BCUT2D eigenvalue weighted by Crippen LogP contribution is -2.57. The molecule has 0 saturated carbocycles. The number of hydrogen-bond acceptors (Lipinski definition) is 4. The summed E-state index contributed by atoms with van der Waals surface area (Å²) in [5.41, 5.74) is -0.610. The number of carbonyl (C=O) groups excluding carboxylic acids is 1. The van der Waals surface area contributed by atoms with Gasteiger partial charge in [0.2, 0.25) is 5.91 Å². The number of alkyl halides is 3. The second kappa shape index (κ2) is 8.78. The Bertz CT molecular complexity index is 1070. The van der Waals surface area contributed by atoms with E-state index in [4.69, 9.17) is 16.3 Å². The number of ether oxygens (including phenoxy) is 1. The van der Waals surface area contributed by atoms with Crippen molar-refractivity contribution in [3.63, 3.8) is 0 Å². The third-order valence-corrected chi connectivity index (χ3v) is 7.48. The van der Waals surface area contributed by atoms with Crippen LogP contribution in [0.15, 0.2) is 42.5 Å². The maximum atomic E-state index is 13.5. The van der Waals surface area contributed by atoms with Crippen molar-refractivity contribution in [1.82, 2.24) is 15.1 Å². The lowest BCUT2D eigenvalue weighted by atomic mass is 9.83. The van der Waals surface area contributed by atoms with Crippen LogP contribution in [0, 0.1) is 5.82 Å². The average molecular weight is 498 g/mol. The number of carbonyl (C=O) groups is 1. The molecular weight excluding hydrogens is 474 g/mol. The number of hydrogen-bond donors (Lipinski definition) is 1. The second-order valence-corrected chi connectivity index (χ2v) is 9.48. The predicted molar refractivity (Wildman–Crippen MR) is 117 cm³/mol. The number of rotatable bonds is 5. The predicted octanol–water partition coefficient (Wildman–Crippen LogP) is 4.36. The van der Waals surface area contributed by atoms with Crippen LogP contribution < -0.4 is 5.32 Å². The van der Waals surface area contributed by atoms with Gasteiger partial charge < -0.3 is 10.1 Å². The van der Waals surface area contributed by atoms with Gasteiger partial charge in [0.25, 0.3) is 0 Å². The van der Waals surface area contributed by atoms with E-state index in [0.717, 1.165) is 11.6 Å². The molecule has 3 saturated heterocycles. The zero-order chi connectivity index (χ0) is 24.1. The Morgan fingerprint density at radius 3 is 2.44 bits per heavy atom. The first-order valence-electron chi connectivity index (χ1n) is 11.2. The lowest BCUT2D eigenvalue weighted by Gasteiger charge is -2.45. The fourth-order valence-electron chi connectivity index (χ4n) is 5.26. The summed E-state index contributed by atoms with van der Waals surface area (Å²) in [6, 6.07) is 9.81. The number of piperidine rings is 1. The molecule has 3 aliphatic heterocycles. The molecular formula is C24H24ClF4N3O2. The minimum Gasteiger partial charge on any atom is -0.371 e. The van der Waals surface area contributed by atoms with Crippen LogP contribution in [0.3, 0.4) is 0 Å². The maximum absolute atomic E-state index is 13.5. The number of benzene rings is 2. The Morgan fingerprint density at radius 2 is 1.82 bits per heavy atom. The van der Waals surface area contributed by atoms with Gasteiger partial charge in [0.05, 0.1) is 24.9 Å². The number of epoxide rings is 1. The SMILES string of the molecule is O=C1NCN(C(c2ccc(F)cc2)C2CO2)C12CCN(Cc1c(Cl)cccc1C(F)(F)F)CC2. The number of likely N-dealkylation sites (tertiary alicyclic amines) is 1. The molecule has 1 spiro atoms. The van der Waals surface area contributed by atoms with Crippen LogP contribution in [0.25, 0.3) is 0 Å². The molecule has 10 heteroatoms. The molecule has 3 fully saturated rings. The van der Waals surface area contributed by atoms with E-state index >= 15 is 0 Å². The molecule has 182 valence electrons. The molecule has 0 radical (unpaired) electrons. The second-order valence-electron chi connectivity index (χ2n) is 9.07. The molecule has 2 unspecified atom stereocenters. The van der Waals surface area contributed by atoms with E-state index in [2.05, 4.69) is 10.2 Å². The topological polar surface area (TPSA) is 48.1 Å². The van der Waals surface area contributed by atoms with Crippen LogP contribution in [-0.4, -0.2) is 53.7 Å². The van der Waals surface area contributed by atoms with Crippen LogP contribution in [0.2, 0.25) is 5.02 Å². The van der Waals surface area contributed by atoms with Gasteiger partial charge in [-0.25, -0.2) is 4.39 Å². The summed E-state index contributed by atoms with van der Waals surface area (Å²) in [6.07, 6.45) is -3.68. The van der Waals surface area contributed by atoms with Gasteiger partial charge in [-0.15, -0.1) is 0 Å². The molecule has 2 aromatic carbocycles. The molecule has 2 atom stereocenters. The molecule has 3 heterocycles. The number of amides is 1. The molecule has 1 amide bonds. The zero-order valence-corrected chi connectivity index (χ0v) is 19.0. The van der Waals surface area contributed by atoms with Crippen LogP contribution in [0.1, 0.15) is 35.6 Å². The van der Waals surface area contributed by atoms with Gasteiger partial charge in [0.1, 0.15) is 17.5 Å². The first kappa shape index (κ1) is 23.5. The highest BCUT2D eigenvalue weighted by molar-refractivity contribution is 6.31. The summed E-state index contributed by atoms with van der Waals surface area (Å²) < 4.78 is 59.6. The van der Waals surface area contributed by atoms with Gasteiger partial charge >= 0.3 is 6.18 Å². The molecule has 1 N–H and O–H groups in total. The quantitative estimate of drug-likeness (QED) is 0.492. The average Bonchev–Trinajstić information content (AvgIpc) is 3.59. The summed E-state index contributed by atoms with van der Waals surface area (Å²) in [5.74, 6) is -0.427. The zero-order valence-electron chi connectivity index (χ0n) is 18.2. The van der Waals surface area contributed by atoms with Crippen molar-refractivity contribution in [2.45, 2.75) is 43.2 Å². The van der Waals surface area contributed by atoms with E-state index in [1.807, 2.05) is 4.90 Å². The van der Waals surface area contributed by atoms with Gasteiger partial charge in [-0.3, -0.25) is 14.6 Å². The van der Waals surface area contributed by atoms with E-state index in [1.54, 1.807) is 12.1 Å². The third kappa shape index (κ3) is 4.30. The fraction of sp³-hybridized carbons (Fsp3) is 0.458. The lowest BCUT2D eigenvalue weighted by molar-refractivity contribution is -0.138. The first-order valence-corrected chi connectivity index (χ1v) is 11.6. The molecule has 0 aliphatic carbocycles. The summed E-state index contributed by atoms with van der Waals surface area (Å²) >= 11 is 6.14. The van der Waals surface area contributed by atoms with Crippen molar-refractivity contribution in [3.8, 4) is 0 Å². The Hall–Kier alpha value is -2.20. The van der Waals surface area contributed by atoms with Gasteiger partial charge in [-0.2, -0.15) is 13.2 Å². The summed E-state index contributed by atoms with van der Waals surface area (Å²) in [4.78, 5) is 17.1. The summed E-state index contributed by atoms with van der Waals surface area (Å²) in [5, 5.41) is 3.03. The molecule has 3 aliphatic rings. The van der Waals surface area contributed by atoms with E-state index in [9.17, 15) is 22.4 Å². The van der Waals surface area contributed by atoms with Gasteiger partial charge in [0.15, 0.2) is 0 Å². The van der Waals surface area contributed by atoms with Crippen molar-refractivity contribution in [3.05, 3.63) is 70.0 Å². The number of nitrogens with one attached hydrogen (secondary N) is 1. The van der Waals surface area contributed by atoms with Crippen molar-refractivity contribution in [2.75, 3.05) is 26.4 Å². The Balaban J connectivity index is 1.36. The van der Waals surface area contributed by atoms with E-state index in [0.29, 0.717) is 39.2 Å². The molecule has 5 nitrogen and oxygen atoms in total. The van der Waals surface area contributed by atoms with E-state index in [-0.39, 0.29) is 41.0 Å². The molecule has 0 aromatic heterocycles. The van der Waals surface area contributed by atoms with Crippen molar-refractivity contribution in [1.29, 1.82) is 0 Å². The Kier molecular flexibility index (Phi) is 6.08. The highest BCUT2D eigenvalue weighted by Gasteiger charge is 2.55. The standard InChI is InChI=1S/C24H24ClF4N3O2/c25-19-3-1-2-18(24(27,28)29)17(19)12-31-10-8-23(9-11-31)22(33)30-14-32(23)21(20-13-34-20)15-4-6-16(26)7-5-15/h1-7,20-21H,8-14H2,(H,30,33). The van der Waals surface area contributed by atoms with Crippen LogP contribution >= 0.6 is 11.6 Å². The van der Waals surface area contributed by atoms with Crippen LogP contribution in [0.4, 0.5) is 17.6 Å². The smallest absolute Gasteiger partial charge is 0.371 e. The summed E-state index contributed by atoms with van der Waals surface area (Å²) in [7, 11) is 0. The molecule has 34 heavy (non-hydrogen) atoms. The minimum absolute atomic E-state index is 0.0518. The highest BCUT2D eigenvalue weighted by Crippen LogP contribution is 2.44. The number of halogens is 5. The largest absolute Gasteiger partial charge is 0.416 e. The Labute approximate surface area is 199 Å². The number of nitrogens with zero attached hydrogens (tertiary/aromatic N) is 2. The molecule has 2 aromatic rings. The van der Waals surface area contributed by atoms with Crippen LogP contribution in [-0.2, 0) is 22.3 Å². The normalized spacial score (nSPS) is 23.8. The van der Waals surface area contributed by atoms with Crippen molar-refractivity contribution in [2.24, 2.45) is 0 Å². The third-order valence-electron chi connectivity index (χ3n) is 7.13. The molecule has 0 bridgehead atoms. The monoisotopic (exact) mass is 497 g/mol. The Morgan fingerprint density at radius 1 is 1.15 bits per heavy atom. The van der Waals surface area contributed by atoms with E-state index < -0.39 is 17.3 Å². The van der Waals surface area contributed by atoms with Crippen molar-refractivity contribution < 1.29 is 27.1 Å². The van der Waals surface area contributed by atoms with Gasteiger partial charge in [-0.05, 0) is 48.2 Å². The van der Waals surface area contributed by atoms with Gasteiger partial charge in [-0.1, -0.05) is 29.8 Å². The maximum Gasteiger partial charge on any atom is 0.416 e. The first-order chi connectivity index (χ1) is 16.2. The van der Waals surface area contributed by atoms with Crippen LogP contribution in [0.5, 0.6) is 0 Å². The van der Waals surface area contributed by atoms with Crippen molar-refractivity contribution >= 4 is 17.5 Å². The molecule has 5 rings (SSSR count). The minimum atomic E-state index is -4.49. The van der Waals surface area contributed by atoms with Gasteiger partial charge in [0, 0.05) is 24.7 Å². The fourth-order valence-corrected chi connectivity index (χ4v) is 5.50. The highest BCUT2D eigenvalue weighted by atomic mass is 35.5. The summed E-state index contributed by atoms with van der Waals surface area (Å²) in [6.45, 7) is 1.83. The van der Waals surface area contributed by atoms with E-state index in [1.165, 1.54) is 24.3 Å².